The van der Waals surface area contributed by atoms with Gasteiger partial charge in [-0.1, -0.05) is 24.8 Å². The topological polar surface area (TPSA) is 133 Å². The molecule has 12 heteroatoms. The molecule has 0 bridgehead atoms. The summed E-state index contributed by atoms with van der Waals surface area (Å²) in [6.07, 6.45) is 5.07. The Morgan fingerprint density at radius 2 is 2.10 bits per heavy atom. The monoisotopic (exact) mass is 557 g/mol. The Morgan fingerprint density at radius 3 is 2.88 bits per heavy atom. The standard InChI is InChI=1S/C28H27N7O4S/c1-3-21(36)34-13-7-8-17(15-34)32-25(37)24-23-22-19(11-12-29-26(22)40-24)35(28(38)33-23)20-14-30-27(31-16(20)2)39-18-9-5-4-6-10-18/h3-6,9-12,14,17,25,32,37H,1,7-8,13,15H2,2H3,(H,33,38)/t17-,25?/m1/s1. The van der Waals surface area contributed by atoms with Gasteiger partial charge < -0.3 is 20.1 Å². The van der Waals surface area contributed by atoms with Gasteiger partial charge in [0, 0.05) is 25.3 Å². The number of likely N-dealkylation sites (tertiary alicyclic amines) is 1. The fourth-order valence-corrected chi connectivity index (χ4v) is 6.15. The Labute approximate surface area is 234 Å². The highest BCUT2D eigenvalue weighted by molar-refractivity contribution is 7.19. The molecule has 0 radical (unpaired) electrons. The molecule has 204 valence electrons. The van der Waals surface area contributed by atoms with E-state index in [1.165, 1.54) is 22.3 Å². The molecule has 3 aromatic heterocycles. The van der Waals surface area contributed by atoms with Crippen LogP contribution in [0.25, 0.3) is 10.2 Å². The van der Waals surface area contributed by atoms with Crippen LogP contribution in [-0.2, 0) is 4.79 Å². The molecule has 0 saturated carbocycles. The van der Waals surface area contributed by atoms with Crippen LogP contribution in [0.4, 0.5) is 21.9 Å². The molecule has 0 aliphatic carbocycles. The number of carbonyl (C=O) groups excluding carboxylic acids is 2. The van der Waals surface area contributed by atoms with Crippen molar-refractivity contribution in [1.29, 1.82) is 0 Å². The van der Waals surface area contributed by atoms with Crippen molar-refractivity contribution in [2.24, 2.45) is 0 Å². The van der Waals surface area contributed by atoms with Gasteiger partial charge in [0.05, 0.1) is 39.2 Å². The molecule has 2 aliphatic heterocycles. The first-order chi connectivity index (χ1) is 19.4. The van der Waals surface area contributed by atoms with Crippen LogP contribution in [0, 0.1) is 6.92 Å². The number of para-hydroxylation sites is 1. The summed E-state index contributed by atoms with van der Waals surface area (Å²) < 4.78 is 5.75. The Balaban J connectivity index is 1.29. The number of nitrogens with zero attached hydrogens (tertiary/aromatic N) is 5. The van der Waals surface area contributed by atoms with Gasteiger partial charge in [-0.05, 0) is 44.0 Å². The summed E-state index contributed by atoms with van der Waals surface area (Å²) in [7, 11) is 0. The number of aromatic nitrogens is 3. The maximum Gasteiger partial charge on any atom is 0.331 e. The average molecular weight is 558 g/mol. The second-order valence-corrected chi connectivity index (χ2v) is 10.6. The summed E-state index contributed by atoms with van der Waals surface area (Å²) in [5.74, 6) is 0.482. The molecule has 1 unspecified atom stereocenters. The number of urea groups is 1. The molecule has 6 rings (SSSR count). The molecule has 0 spiro atoms. The average Bonchev–Trinajstić information content (AvgIpc) is 3.33. The summed E-state index contributed by atoms with van der Waals surface area (Å²) in [5.41, 5.74) is 2.18. The molecule has 11 nitrogen and oxygen atoms in total. The fraction of sp³-hybridized carbons (Fsp3) is 0.250. The number of benzene rings is 1. The van der Waals surface area contributed by atoms with E-state index >= 15 is 0 Å². The number of ether oxygens (including phenoxy) is 1. The quantitative estimate of drug-likeness (QED) is 0.221. The van der Waals surface area contributed by atoms with Crippen LogP contribution < -0.4 is 20.3 Å². The Bertz CT molecular complexity index is 1610. The predicted molar refractivity (Wildman–Crippen MR) is 152 cm³/mol. The minimum atomic E-state index is -1.06. The number of piperidine rings is 1. The van der Waals surface area contributed by atoms with Crippen LogP contribution in [0.5, 0.6) is 11.8 Å². The van der Waals surface area contributed by atoms with Gasteiger partial charge in [-0.3, -0.25) is 15.0 Å². The van der Waals surface area contributed by atoms with E-state index in [0.29, 0.717) is 51.3 Å². The van der Waals surface area contributed by atoms with Crippen molar-refractivity contribution in [3.05, 3.63) is 72.0 Å². The van der Waals surface area contributed by atoms with Crippen LogP contribution in [0.1, 0.15) is 29.6 Å². The number of aryl methyl sites for hydroxylation is 1. The summed E-state index contributed by atoms with van der Waals surface area (Å²) in [6.45, 7) is 6.48. The van der Waals surface area contributed by atoms with E-state index < -0.39 is 12.3 Å². The number of pyridine rings is 1. The number of aliphatic hydroxyl groups is 1. The highest BCUT2D eigenvalue weighted by atomic mass is 32.1. The smallest absolute Gasteiger partial charge is 0.331 e. The molecule has 4 aromatic rings. The minimum Gasteiger partial charge on any atom is -0.424 e. The number of nitrogens with one attached hydrogen (secondary N) is 2. The fourth-order valence-electron chi connectivity index (χ4n) is 5.08. The normalized spacial score (nSPS) is 17.4. The molecule has 5 heterocycles. The highest BCUT2D eigenvalue weighted by Crippen LogP contribution is 2.47. The maximum atomic E-state index is 13.5. The second-order valence-electron chi connectivity index (χ2n) is 9.55. The molecular formula is C28H27N7O4S. The Kier molecular flexibility index (Phi) is 6.88. The van der Waals surface area contributed by atoms with E-state index in [2.05, 4.69) is 32.2 Å². The molecule has 3 N–H and O–H groups in total. The third-order valence-electron chi connectivity index (χ3n) is 6.95. The van der Waals surface area contributed by atoms with Gasteiger partial charge in [0.1, 0.15) is 16.8 Å². The molecule has 1 saturated heterocycles. The van der Waals surface area contributed by atoms with Crippen molar-refractivity contribution >= 4 is 50.6 Å². The van der Waals surface area contributed by atoms with Crippen LogP contribution in [0.3, 0.4) is 0 Å². The number of anilines is 3. The predicted octanol–water partition coefficient (Wildman–Crippen LogP) is 4.63. The van der Waals surface area contributed by atoms with Crippen molar-refractivity contribution in [2.45, 2.75) is 32.0 Å². The summed E-state index contributed by atoms with van der Waals surface area (Å²) >= 11 is 1.31. The van der Waals surface area contributed by atoms with Gasteiger partial charge in [-0.15, -0.1) is 11.3 Å². The molecule has 40 heavy (non-hydrogen) atoms. The number of aliphatic hydroxyl groups excluding tert-OH is 1. The number of hydrogen-bond acceptors (Lipinski definition) is 9. The largest absolute Gasteiger partial charge is 0.424 e. The van der Waals surface area contributed by atoms with E-state index in [1.54, 1.807) is 30.3 Å². The van der Waals surface area contributed by atoms with Gasteiger partial charge in [0.2, 0.25) is 5.91 Å². The van der Waals surface area contributed by atoms with Crippen molar-refractivity contribution in [1.82, 2.24) is 25.2 Å². The lowest BCUT2D eigenvalue weighted by atomic mass is 10.0. The van der Waals surface area contributed by atoms with Crippen molar-refractivity contribution < 1.29 is 19.4 Å². The van der Waals surface area contributed by atoms with Gasteiger partial charge in [0.25, 0.3) is 0 Å². The molecule has 3 amide bonds. The van der Waals surface area contributed by atoms with Gasteiger partial charge in [-0.2, -0.15) is 4.98 Å². The second kappa shape index (κ2) is 10.6. The maximum absolute atomic E-state index is 13.5. The lowest BCUT2D eigenvalue weighted by Gasteiger charge is -2.34. The molecular weight excluding hydrogens is 530 g/mol. The van der Waals surface area contributed by atoms with Crippen molar-refractivity contribution in [2.75, 3.05) is 23.3 Å². The lowest BCUT2D eigenvalue weighted by Crippen LogP contribution is -2.48. The van der Waals surface area contributed by atoms with E-state index in [0.717, 1.165) is 18.2 Å². The number of thiophene rings is 1. The van der Waals surface area contributed by atoms with Crippen molar-refractivity contribution in [3.8, 4) is 11.8 Å². The van der Waals surface area contributed by atoms with Crippen LogP contribution in [0.2, 0.25) is 0 Å². The lowest BCUT2D eigenvalue weighted by molar-refractivity contribution is -0.127. The van der Waals surface area contributed by atoms with E-state index in [9.17, 15) is 14.7 Å². The Hall–Kier alpha value is -4.39. The van der Waals surface area contributed by atoms with E-state index in [-0.39, 0.29) is 18.0 Å². The van der Waals surface area contributed by atoms with E-state index in [4.69, 9.17) is 4.74 Å². The first-order valence-corrected chi connectivity index (χ1v) is 13.7. The first kappa shape index (κ1) is 25.9. The zero-order valence-corrected chi connectivity index (χ0v) is 22.5. The zero-order chi connectivity index (χ0) is 27.8. The summed E-state index contributed by atoms with van der Waals surface area (Å²) in [6, 6.07) is 10.6. The van der Waals surface area contributed by atoms with E-state index in [1.807, 2.05) is 30.3 Å². The van der Waals surface area contributed by atoms with Crippen LogP contribution in [0.15, 0.2) is 61.4 Å². The molecule has 2 aliphatic rings. The summed E-state index contributed by atoms with van der Waals surface area (Å²) in [4.78, 5) is 43.3. The number of carbonyl (C=O) groups is 2. The zero-order valence-electron chi connectivity index (χ0n) is 21.7. The molecule has 1 fully saturated rings. The molecule has 2 atom stereocenters. The number of hydrogen-bond donors (Lipinski definition) is 3. The van der Waals surface area contributed by atoms with Crippen LogP contribution >= 0.6 is 11.3 Å². The highest BCUT2D eigenvalue weighted by Gasteiger charge is 2.34. The van der Waals surface area contributed by atoms with Gasteiger partial charge in [-0.25, -0.2) is 14.8 Å². The Morgan fingerprint density at radius 1 is 1.27 bits per heavy atom. The number of amides is 3. The first-order valence-electron chi connectivity index (χ1n) is 12.9. The third-order valence-corrected chi connectivity index (χ3v) is 8.10. The van der Waals surface area contributed by atoms with Crippen LogP contribution in [-0.4, -0.2) is 56.0 Å². The third kappa shape index (κ3) is 4.76. The van der Waals surface area contributed by atoms with Gasteiger partial charge in [0.15, 0.2) is 0 Å². The molecule has 1 aromatic carbocycles. The SMILES string of the molecule is C=CC(=O)N1CCC[C@@H](NC(O)c2sc3nccc4c3c2NC(=O)N4c2cnc(Oc3ccccc3)nc2C)C1. The minimum absolute atomic E-state index is 0.107. The number of rotatable bonds is 7. The van der Waals surface area contributed by atoms with Gasteiger partial charge >= 0.3 is 12.0 Å². The summed E-state index contributed by atoms with van der Waals surface area (Å²) in [5, 5.41) is 18.1. The van der Waals surface area contributed by atoms with Crippen molar-refractivity contribution in [3.63, 3.8) is 0 Å².